The largest absolute Gasteiger partial charge is 0.339 e. The number of aromatic nitrogens is 2. The van der Waals surface area contributed by atoms with Crippen molar-refractivity contribution in [3.8, 4) is 0 Å². The molecule has 4 rings (SSSR count). The van der Waals surface area contributed by atoms with Crippen LogP contribution in [0.25, 0.3) is 0 Å². The fourth-order valence-corrected chi connectivity index (χ4v) is 3.49. The molecule has 2 fully saturated rings. The van der Waals surface area contributed by atoms with E-state index >= 15 is 0 Å². The van der Waals surface area contributed by atoms with E-state index in [9.17, 15) is 9.18 Å². The average molecular weight is 344 g/mol. The molecule has 1 N–H and O–H groups in total. The minimum Gasteiger partial charge on any atom is -0.339 e. The number of likely N-dealkylation sites (tertiary alicyclic amines) is 1. The Hall–Kier alpha value is -2.44. The SMILES string of the molecule is Cc1noc(C2CCN(C(=O)N[C@@H]3C[C@@H]3c3ccc(F)cc3)CC2)n1. The van der Waals surface area contributed by atoms with E-state index in [0.29, 0.717) is 30.7 Å². The van der Waals surface area contributed by atoms with Crippen LogP contribution >= 0.6 is 0 Å². The Bertz CT molecular complexity index is 753. The maximum atomic E-state index is 13.0. The summed E-state index contributed by atoms with van der Waals surface area (Å²) in [4.78, 5) is 18.6. The monoisotopic (exact) mass is 344 g/mol. The van der Waals surface area contributed by atoms with Crippen molar-refractivity contribution in [2.45, 2.75) is 44.1 Å². The standard InChI is InChI=1S/C18H21FN4O2/c1-11-20-17(25-22-11)13-6-8-23(9-7-13)18(24)21-16-10-15(16)12-2-4-14(19)5-3-12/h2-5,13,15-16H,6-10H2,1H3,(H,21,24)/t15-,16-/m1/s1. The number of urea groups is 1. The summed E-state index contributed by atoms with van der Waals surface area (Å²) in [5.41, 5.74) is 1.08. The van der Waals surface area contributed by atoms with Crippen LogP contribution in [0.15, 0.2) is 28.8 Å². The number of rotatable bonds is 3. The van der Waals surface area contributed by atoms with Gasteiger partial charge >= 0.3 is 6.03 Å². The van der Waals surface area contributed by atoms with E-state index < -0.39 is 0 Å². The van der Waals surface area contributed by atoms with Gasteiger partial charge in [0.05, 0.1) is 0 Å². The van der Waals surface area contributed by atoms with Crippen molar-refractivity contribution in [3.05, 3.63) is 47.4 Å². The van der Waals surface area contributed by atoms with E-state index in [0.717, 1.165) is 24.8 Å². The molecule has 0 spiro atoms. The van der Waals surface area contributed by atoms with Gasteiger partial charge in [-0.2, -0.15) is 4.98 Å². The molecule has 1 aromatic heterocycles. The van der Waals surface area contributed by atoms with Crippen molar-refractivity contribution in [1.82, 2.24) is 20.4 Å². The molecule has 132 valence electrons. The molecule has 0 radical (unpaired) electrons. The first-order chi connectivity index (χ1) is 12.1. The molecule has 6 nitrogen and oxygen atoms in total. The minimum atomic E-state index is -0.232. The number of halogens is 1. The fraction of sp³-hybridized carbons (Fsp3) is 0.500. The number of hydrogen-bond acceptors (Lipinski definition) is 4. The number of amides is 2. The number of hydrogen-bond donors (Lipinski definition) is 1. The number of nitrogens with one attached hydrogen (secondary N) is 1. The minimum absolute atomic E-state index is 0.0187. The lowest BCUT2D eigenvalue weighted by Gasteiger charge is -2.30. The van der Waals surface area contributed by atoms with Crippen LogP contribution < -0.4 is 5.32 Å². The summed E-state index contributed by atoms with van der Waals surface area (Å²) in [6.07, 6.45) is 2.58. The Morgan fingerprint density at radius 3 is 2.64 bits per heavy atom. The summed E-state index contributed by atoms with van der Waals surface area (Å²) in [6, 6.07) is 6.66. The van der Waals surface area contributed by atoms with E-state index in [-0.39, 0.29) is 23.8 Å². The summed E-state index contributed by atoms with van der Waals surface area (Å²) in [6.45, 7) is 3.18. The molecule has 1 saturated heterocycles. The van der Waals surface area contributed by atoms with Gasteiger partial charge in [0.1, 0.15) is 5.82 Å². The average Bonchev–Trinajstić information content (AvgIpc) is 3.24. The highest BCUT2D eigenvalue weighted by atomic mass is 19.1. The topological polar surface area (TPSA) is 71.3 Å². The van der Waals surface area contributed by atoms with Gasteiger partial charge in [0.25, 0.3) is 0 Å². The van der Waals surface area contributed by atoms with Gasteiger partial charge in [0.2, 0.25) is 5.89 Å². The molecule has 2 amide bonds. The first-order valence-electron chi connectivity index (χ1n) is 8.71. The van der Waals surface area contributed by atoms with Gasteiger partial charge in [-0.1, -0.05) is 17.3 Å². The number of aryl methyl sites for hydroxylation is 1. The summed E-state index contributed by atoms with van der Waals surface area (Å²) >= 11 is 0. The van der Waals surface area contributed by atoms with Crippen LogP contribution in [0.3, 0.4) is 0 Å². The normalized spacial score (nSPS) is 23.5. The Morgan fingerprint density at radius 1 is 1.28 bits per heavy atom. The van der Waals surface area contributed by atoms with Crippen LogP contribution in [0.4, 0.5) is 9.18 Å². The maximum Gasteiger partial charge on any atom is 0.317 e. The fourth-order valence-electron chi connectivity index (χ4n) is 3.49. The van der Waals surface area contributed by atoms with E-state index in [1.807, 2.05) is 11.8 Å². The van der Waals surface area contributed by atoms with Crippen molar-refractivity contribution >= 4 is 6.03 Å². The number of nitrogens with zero attached hydrogens (tertiary/aromatic N) is 3. The lowest BCUT2D eigenvalue weighted by Crippen LogP contribution is -2.45. The second kappa shape index (κ2) is 6.46. The molecule has 1 saturated carbocycles. The van der Waals surface area contributed by atoms with Crippen LogP contribution in [0.2, 0.25) is 0 Å². The zero-order valence-electron chi connectivity index (χ0n) is 14.1. The van der Waals surface area contributed by atoms with Crippen molar-refractivity contribution in [2.75, 3.05) is 13.1 Å². The molecule has 2 heterocycles. The number of carbonyl (C=O) groups is 1. The third kappa shape index (κ3) is 3.50. The molecule has 2 atom stereocenters. The molecule has 1 aliphatic carbocycles. The maximum absolute atomic E-state index is 13.0. The highest BCUT2D eigenvalue weighted by molar-refractivity contribution is 5.75. The smallest absolute Gasteiger partial charge is 0.317 e. The van der Waals surface area contributed by atoms with E-state index in [2.05, 4.69) is 15.5 Å². The zero-order chi connectivity index (χ0) is 17.4. The van der Waals surface area contributed by atoms with E-state index in [1.54, 1.807) is 12.1 Å². The molecule has 0 bridgehead atoms. The van der Waals surface area contributed by atoms with Gasteiger partial charge in [0, 0.05) is 31.0 Å². The van der Waals surface area contributed by atoms with Crippen LogP contribution in [0, 0.1) is 12.7 Å². The van der Waals surface area contributed by atoms with Gasteiger partial charge in [0.15, 0.2) is 5.82 Å². The molecule has 2 aromatic rings. The van der Waals surface area contributed by atoms with Gasteiger partial charge in [-0.25, -0.2) is 9.18 Å². The molecule has 1 aromatic carbocycles. The molecule has 1 aliphatic heterocycles. The number of benzene rings is 1. The van der Waals surface area contributed by atoms with Crippen LogP contribution in [-0.4, -0.2) is 40.2 Å². The number of carbonyl (C=O) groups excluding carboxylic acids is 1. The predicted octanol–water partition coefficient (Wildman–Crippen LogP) is 2.96. The van der Waals surface area contributed by atoms with E-state index in [1.165, 1.54) is 12.1 Å². The summed E-state index contributed by atoms with van der Waals surface area (Å²) < 4.78 is 18.2. The quantitative estimate of drug-likeness (QED) is 0.929. The first kappa shape index (κ1) is 16.1. The van der Waals surface area contributed by atoms with Crippen molar-refractivity contribution in [2.24, 2.45) is 0 Å². The molecular formula is C18H21FN4O2. The third-order valence-corrected chi connectivity index (χ3v) is 5.07. The molecule has 7 heteroatoms. The van der Waals surface area contributed by atoms with Gasteiger partial charge in [-0.15, -0.1) is 0 Å². The highest BCUT2D eigenvalue weighted by Crippen LogP contribution is 2.41. The second-order valence-electron chi connectivity index (χ2n) is 6.89. The summed E-state index contributed by atoms with van der Waals surface area (Å²) in [5, 5.41) is 6.92. The summed E-state index contributed by atoms with van der Waals surface area (Å²) in [5.74, 6) is 1.62. The Labute approximate surface area is 145 Å². The van der Waals surface area contributed by atoms with Crippen molar-refractivity contribution in [1.29, 1.82) is 0 Å². The predicted molar refractivity (Wildman–Crippen MR) is 88.7 cm³/mol. The van der Waals surface area contributed by atoms with Crippen LogP contribution in [0.5, 0.6) is 0 Å². The molecule has 2 aliphatic rings. The summed E-state index contributed by atoms with van der Waals surface area (Å²) in [7, 11) is 0. The lowest BCUT2D eigenvalue weighted by atomic mass is 9.97. The second-order valence-corrected chi connectivity index (χ2v) is 6.89. The Kier molecular flexibility index (Phi) is 4.15. The lowest BCUT2D eigenvalue weighted by molar-refractivity contribution is 0.174. The van der Waals surface area contributed by atoms with E-state index in [4.69, 9.17) is 4.52 Å². The molecule has 0 unspecified atom stereocenters. The molecular weight excluding hydrogens is 323 g/mol. The van der Waals surface area contributed by atoms with Gasteiger partial charge in [-0.05, 0) is 43.9 Å². The molecule has 25 heavy (non-hydrogen) atoms. The zero-order valence-corrected chi connectivity index (χ0v) is 14.1. The first-order valence-corrected chi connectivity index (χ1v) is 8.71. The van der Waals surface area contributed by atoms with Crippen molar-refractivity contribution < 1.29 is 13.7 Å². The highest BCUT2D eigenvalue weighted by Gasteiger charge is 2.40. The van der Waals surface area contributed by atoms with Gasteiger partial charge in [-0.3, -0.25) is 0 Å². The van der Waals surface area contributed by atoms with Gasteiger partial charge < -0.3 is 14.7 Å². The van der Waals surface area contributed by atoms with Crippen molar-refractivity contribution in [3.63, 3.8) is 0 Å². The third-order valence-electron chi connectivity index (χ3n) is 5.07. The Balaban J connectivity index is 1.26. The number of piperidine rings is 1. The van der Waals surface area contributed by atoms with Crippen LogP contribution in [-0.2, 0) is 0 Å². The Morgan fingerprint density at radius 2 is 2.00 bits per heavy atom. The van der Waals surface area contributed by atoms with Crippen LogP contribution in [0.1, 0.15) is 48.4 Å².